The Bertz CT molecular complexity index is 400. The second-order valence-corrected chi connectivity index (χ2v) is 6.19. The fraction of sp³-hybridized carbons (Fsp3) is 0.667. The molecule has 0 aliphatic carbocycles. The van der Waals surface area contributed by atoms with Gasteiger partial charge in [0.05, 0.1) is 18.9 Å². The molecule has 1 aromatic rings. The zero-order chi connectivity index (χ0) is 14.5. The van der Waals surface area contributed by atoms with Crippen LogP contribution in [0.2, 0.25) is 0 Å². The van der Waals surface area contributed by atoms with Gasteiger partial charge in [0.2, 0.25) is 0 Å². The van der Waals surface area contributed by atoms with Crippen molar-refractivity contribution in [1.82, 2.24) is 10.3 Å². The van der Waals surface area contributed by atoms with Gasteiger partial charge in [-0.25, -0.2) is 0 Å². The van der Waals surface area contributed by atoms with Gasteiger partial charge in [-0.15, -0.1) is 0 Å². The van der Waals surface area contributed by atoms with Crippen molar-refractivity contribution in [2.75, 3.05) is 13.7 Å². The number of hydrogen-bond acceptors (Lipinski definition) is 4. The molecule has 0 aliphatic heterocycles. The topological polar surface area (TPSA) is 54.4 Å². The molecule has 1 rings (SSSR count). The highest BCUT2D eigenvalue weighted by molar-refractivity contribution is 5.26. The van der Waals surface area contributed by atoms with Crippen molar-refractivity contribution in [3.63, 3.8) is 0 Å². The highest BCUT2D eigenvalue weighted by Gasteiger charge is 2.16. The van der Waals surface area contributed by atoms with E-state index < -0.39 is 0 Å². The van der Waals surface area contributed by atoms with Crippen LogP contribution in [0.15, 0.2) is 12.1 Å². The lowest BCUT2D eigenvalue weighted by atomic mass is 9.89. The van der Waals surface area contributed by atoms with Crippen LogP contribution in [0.1, 0.15) is 38.6 Å². The first-order chi connectivity index (χ1) is 8.80. The Balaban J connectivity index is 2.43. The van der Waals surface area contributed by atoms with Crippen LogP contribution in [0.3, 0.4) is 0 Å². The van der Waals surface area contributed by atoms with Crippen LogP contribution in [0.5, 0.6) is 5.75 Å². The van der Waals surface area contributed by atoms with Gasteiger partial charge in [-0.3, -0.25) is 4.98 Å². The summed E-state index contributed by atoms with van der Waals surface area (Å²) in [4.78, 5) is 4.43. The zero-order valence-electron chi connectivity index (χ0n) is 12.7. The Kier molecular flexibility index (Phi) is 5.76. The standard InChI is InChI=1S/C15H26N2O2/c1-11-6-14(19-5)7-12(17-11)9-16-10-13(18)8-15(2,3)4/h6-7,13,16,18H,8-10H2,1-5H3. The van der Waals surface area contributed by atoms with Crippen molar-refractivity contribution in [2.24, 2.45) is 5.41 Å². The number of nitrogens with zero attached hydrogens (tertiary/aromatic N) is 1. The van der Waals surface area contributed by atoms with Crippen molar-refractivity contribution in [3.05, 3.63) is 23.5 Å². The summed E-state index contributed by atoms with van der Waals surface area (Å²) >= 11 is 0. The van der Waals surface area contributed by atoms with Crippen molar-refractivity contribution >= 4 is 0 Å². The van der Waals surface area contributed by atoms with Gasteiger partial charge in [0, 0.05) is 30.9 Å². The molecule has 1 aromatic heterocycles. The van der Waals surface area contributed by atoms with Crippen LogP contribution in [0, 0.1) is 12.3 Å². The molecule has 108 valence electrons. The lowest BCUT2D eigenvalue weighted by Gasteiger charge is -2.22. The van der Waals surface area contributed by atoms with E-state index in [9.17, 15) is 5.11 Å². The molecule has 1 heterocycles. The van der Waals surface area contributed by atoms with Crippen LogP contribution in [0.4, 0.5) is 0 Å². The Labute approximate surface area is 116 Å². The maximum absolute atomic E-state index is 9.91. The summed E-state index contributed by atoms with van der Waals surface area (Å²) in [6.07, 6.45) is 0.455. The number of aliphatic hydroxyl groups is 1. The molecule has 0 aromatic carbocycles. The predicted octanol–water partition coefficient (Wildman–Crippen LogP) is 2.29. The lowest BCUT2D eigenvalue weighted by molar-refractivity contribution is 0.119. The Morgan fingerprint density at radius 2 is 2.05 bits per heavy atom. The predicted molar refractivity (Wildman–Crippen MR) is 77.3 cm³/mol. The van der Waals surface area contributed by atoms with Gasteiger partial charge in [0.15, 0.2) is 0 Å². The van der Waals surface area contributed by atoms with Crippen LogP contribution >= 0.6 is 0 Å². The molecule has 0 aliphatic rings. The Morgan fingerprint density at radius 1 is 1.37 bits per heavy atom. The smallest absolute Gasteiger partial charge is 0.122 e. The van der Waals surface area contributed by atoms with E-state index in [2.05, 4.69) is 31.1 Å². The van der Waals surface area contributed by atoms with Gasteiger partial charge in [-0.2, -0.15) is 0 Å². The first-order valence-corrected chi connectivity index (χ1v) is 6.70. The molecule has 1 unspecified atom stereocenters. The quantitative estimate of drug-likeness (QED) is 0.829. The van der Waals surface area contributed by atoms with Gasteiger partial charge >= 0.3 is 0 Å². The number of hydrogen-bond donors (Lipinski definition) is 2. The Morgan fingerprint density at radius 3 is 2.63 bits per heavy atom. The number of aliphatic hydroxyl groups excluding tert-OH is 1. The van der Waals surface area contributed by atoms with E-state index in [0.717, 1.165) is 23.6 Å². The van der Waals surface area contributed by atoms with Crippen molar-refractivity contribution in [3.8, 4) is 5.75 Å². The molecule has 0 radical (unpaired) electrons. The van der Waals surface area contributed by atoms with E-state index in [1.54, 1.807) is 7.11 Å². The summed E-state index contributed by atoms with van der Waals surface area (Å²) in [6.45, 7) is 9.55. The van der Waals surface area contributed by atoms with E-state index in [1.165, 1.54) is 0 Å². The number of ether oxygens (including phenoxy) is 1. The summed E-state index contributed by atoms with van der Waals surface area (Å²) in [5.41, 5.74) is 2.01. The summed E-state index contributed by atoms with van der Waals surface area (Å²) in [6, 6.07) is 3.81. The van der Waals surface area contributed by atoms with E-state index >= 15 is 0 Å². The van der Waals surface area contributed by atoms with E-state index in [-0.39, 0.29) is 11.5 Å². The molecule has 4 heteroatoms. The number of aryl methyl sites for hydroxylation is 1. The molecule has 1 atom stereocenters. The second kappa shape index (κ2) is 6.87. The van der Waals surface area contributed by atoms with E-state index in [4.69, 9.17) is 4.74 Å². The maximum Gasteiger partial charge on any atom is 0.122 e. The number of pyridine rings is 1. The molecule has 4 nitrogen and oxygen atoms in total. The molecular formula is C15H26N2O2. The van der Waals surface area contributed by atoms with E-state index in [0.29, 0.717) is 13.1 Å². The third kappa shape index (κ3) is 6.55. The average Bonchev–Trinajstić information content (AvgIpc) is 2.25. The molecule has 19 heavy (non-hydrogen) atoms. The average molecular weight is 266 g/mol. The third-order valence-electron chi connectivity index (χ3n) is 2.75. The van der Waals surface area contributed by atoms with Crippen molar-refractivity contribution in [2.45, 2.75) is 46.8 Å². The molecule has 0 saturated heterocycles. The SMILES string of the molecule is COc1cc(C)nc(CNCC(O)CC(C)(C)C)c1. The molecule has 0 bridgehead atoms. The number of rotatable bonds is 6. The minimum atomic E-state index is -0.327. The Hall–Kier alpha value is -1.13. The van der Waals surface area contributed by atoms with Gasteiger partial charge in [-0.1, -0.05) is 20.8 Å². The lowest BCUT2D eigenvalue weighted by Crippen LogP contribution is -2.30. The molecular weight excluding hydrogens is 240 g/mol. The molecule has 0 spiro atoms. The van der Waals surface area contributed by atoms with Gasteiger partial charge in [-0.05, 0) is 18.8 Å². The van der Waals surface area contributed by atoms with Gasteiger partial charge in [0.1, 0.15) is 5.75 Å². The summed E-state index contributed by atoms with van der Waals surface area (Å²) in [7, 11) is 1.65. The van der Waals surface area contributed by atoms with Crippen LogP contribution in [-0.4, -0.2) is 29.8 Å². The molecule has 0 saturated carbocycles. The van der Waals surface area contributed by atoms with E-state index in [1.807, 2.05) is 19.1 Å². The minimum absolute atomic E-state index is 0.145. The molecule has 2 N–H and O–H groups in total. The van der Waals surface area contributed by atoms with Crippen molar-refractivity contribution < 1.29 is 9.84 Å². The fourth-order valence-corrected chi connectivity index (χ4v) is 2.06. The zero-order valence-corrected chi connectivity index (χ0v) is 12.7. The summed E-state index contributed by atoms with van der Waals surface area (Å²) < 4.78 is 5.21. The van der Waals surface area contributed by atoms with Gasteiger partial charge < -0.3 is 15.2 Å². The van der Waals surface area contributed by atoms with Crippen LogP contribution in [-0.2, 0) is 6.54 Å². The number of methoxy groups -OCH3 is 1. The first-order valence-electron chi connectivity index (χ1n) is 6.70. The summed E-state index contributed by atoms with van der Waals surface area (Å²) in [5.74, 6) is 0.819. The third-order valence-corrected chi connectivity index (χ3v) is 2.75. The van der Waals surface area contributed by atoms with Crippen LogP contribution in [0.25, 0.3) is 0 Å². The first kappa shape index (κ1) is 15.9. The highest BCUT2D eigenvalue weighted by Crippen LogP contribution is 2.20. The monoisotopic (exact) mass is 266 g/mol. The summed E-state index contributed by atoms with van der Waals surface area (Å²) in [5, 5.41) is 13.1. The number of nitrogens with one attached hydrogen (secondary N) is 1. The maximum atomic E-state index is 9.91. The fourth-order valence-electron chi connectivity index (χ4n) is 2.06. The number of aromatic nitrogens is 1. The largest absolute Gasteiger partial charge is 0.497 e. The van der Waals surface area contributed by atoms with Gasteiger partial charge in [0.25, 0.3) is 0 Å². The second-order valence-electron chi connectivity index (χ2n) is 6.19. The normalized spacial score (nSPS) is 13.4. The molecule has 0 amide bonds. The molecule has 0 fully saturated rings. The van der Waals surface area contributed by atoms with Crippen LogP contribution < -0.4 is 10.1 Å². The minimum Gasteiger partial charge on any atom is -0.497 e. The van der Waals surface area contributed by atoms with Crippen molar-refractivity contribution in [1.29, 1.82) is 0 Å². The highest BCUT2D eigenvalue weighted by atomic mass is 16.5.